The predicted octanol–water partition coefficient (Wildman–Crippen LogP) is 2.92. The van der Waals surface area contributed by atoms with Crippen molar-refractivity contribution >= 4 is 23.1 Å². The van der Waals surface area contributed by atoms with Crippen LogP contribution in [-0.2, 0) is 11.3 Å². The second-order valence-electron chi connectivity index (χ2n) is 8.15. The lowest BCUT2D eigenvalue weighted by Crippen LogP contribution is -2.45. The number of nitrogens with two attached hydrogens (primary N) is 1. The molecule has 8 nitrogen and oxygen atoms in total. The number of amides is 1. The maximum absolute atomic E-state index is 13.3. The van der Waals surface area contributed by atoms with Crippen molar-refractivity contribution in [3.63, 3.8) is 0 Å². The molecule has 0 fully saturated rings. The van der Waals surface area contributed by atoms with Gasteiger partial charge in [0.2, 0.25) is 5.91 Å². The number of H-pyrrole nitrogens is 1. The quantitative estimate of drug-likeness (QED) is 0.604. The van der Waals surface area contributed by atoms with E-state index in [0.717, 1.165) is 12.1 Å². The molecule has 0 saturated carbocycles. The molecule has 170 valence electrons. The summed E-state index contributed by atoms with van der Waals surface area (Å²) in [5.74, 6) is 0.164. The number of unbranched alkanes of at least 4 members (excludes halogenated alkanes) is 1. The Balaban J connectivity index is 2.40. The van der Waals surface area contributed by atoms with Gasteiger partial charge in [0, 0.05) is 25.8 Å². The Morgan fingerprint density at radius 3 is 2.52 bits per heavy atom. The number of hydrogen-bond donors (Lipinski definition) is 2. The third-order valence-electron chi connectivity index (χ3n) is 5.32. The monoisotopic (exact) mass is 429 g/mol. The van der Waals surface area contributed by atoms with Crippen LogP contribution in [-0.4, -0.2) is 35.6 Å². The summed E-state index contributed by atoms with van der Waals surface area (Å²) in [6, 6.07) is 8.06. The molecule has 0 radical (unpaired) electrons. The Morgan fingerprint density at radius 1 is 1.19 bits per heavy atom. The molecule has 2 rings (SSSR count). The van der Waals surface area contributed by atoms with E-state index in [0.29, 0.717) is 31.8 Å². The Kier molecular flexibility index (Phi) is 8.47. The lowest BCUT2D eigenvalue weighted by Gasteiger charge is -2.27. The molecule has 3 N–H and O–H groups in total. The fraction of sp³-hybridized carbons (Fsp3) is 0.522. The lowest BCUT2D eigenvalue weighted by atomic mass is 10.0. The molecule has 0 aliphatic rings. The van der Waals surface area contributed by atoms with Crippen molar-refractivity contribution in [1.29, 1.82) is 0 Å². The van der Waals surface area contributed by atoms with Gasteiger partial charge in [-0.25, -0.2) is 4.79 Å². The van der Waals surface area contributed by atoms with Crippen LogP contribution in [0.2, 0.25) is 0 Å². The second kappa shape index (κ2) is 10.8. The molecule has 0 bridgehead atoms. The number of aromatic nitrogens is 2. The molecule has 0 spiro atoms. The number of carbonyl (C=O) groups is 1. The van der Waals surface area contributed by atoms with Crippen molar-refractivity contribution < 1.29 is 4.79 Å². The molecular formula is C23H35N5O3. The largest absolute Gasteiger partial charge is 0.383 e. The average Bonchev–Trinajstić information content (AvgIpc) is 2.73. The highest BCUT2D eigenvalue weighted by Crippen LogP contribution is 2.22. The van der Waals surface area contributed by atoms with Crippen LogP contribution in [0.1, 0.15) is 58.4 Å². The highest BCUT2D eigenvalue weighted by Gasteiger charge is 2.24. The Morgan fingerprint density at radius 2 is 1.90 bits per heavy atom. The van der Waals surface area contributed by atoms with Crippen molar-refractivity contribution in [1.82, 2.24) is 9.55 Å². The van der Waals surface area contributed by atoms with Crippen molar-refractivity contribution in [2.75, 3.05) is 35.7 Å². The van der Waals surface area contributed by atoms with Gasteiger partial charge in [-0.3, -0.25) is 19.1 Å². The van der Waals surface area contributed by atoms with E-state index in [9.17, 15) is 14.4 Å². The van der Waals surface area contributed by atoms with Crippen molar-refractivity contribution in [3.05, 3.63) is 50.7 Å². The van der Waals surface area contributed by atoms with Crippen LogP contribution in [0.3, 0.4) is 0 Å². The van der Waals surface area contributed by atoms with Crippen molar-refractivity contribution in [2.24, 2.45) is 0 Å². The standard InChI is InChI=1S/C23H35N5O3/c1-6-8-13-27(20-21(24)28(12-7-2)23(31)25-22(20)30)19(29)15-26(5)18-11-9-10-17(14-18)16(3)4/h9-11,14,16H,6-8,12-13,15,24H2,1-5H3,(H,25,30,31). The number of nitrogens with zero attached hydrogens (tertiary/aromatic N) is 3. The van der Waals surface area contributed by atoms with Gasteiger partial charge in [-0.05, 0) is 36.5 Å². The number of nitrogen functional groups attached to an aromatic ring is 1. The zero-order valence-corrected chi connectivity index (χ0v) is 19.3. The predicted molar refractivity (Wildman–Crippen MR) is 127 cm³/mol. The number of carbonyl (C=O) groups excluding carboxylic acids is 1. The summed E-state index contributed by atoms with van der Waals surface area (Å²) in [7, 11) is 1.85. The smallest absolute Gasteiger partial charge is 0.330 e. The minimum absolute atomic E-state index is 0.0320. The maximum atomic E-state index is 13.3. The summed E-state index contributed by atoms with van der Waals surface area (Å²) in [5, 5.41) is 0. The Bertz CT molecular complexity index is 1010. The molecule has 0 unspecified atom stereocenters. The third-order valence-corrected chi connectivity index (χ3v) is 5.32. The fourth-order valence-electron chi connectivity index (χ4n) is 3.46. The molecule has 8 heteroatoms. The summed E-state index contributed by atoms with van der Waals surface area (Å²) in [5.41, 5.74) is 7.18. The highest BCUT2D eigenvalue weighted by molar-refractivity contribution is 5.98. The van der Waals surface area contributed by atoms with Crippen LogP contribution in [0.4, 0.5) is 17.2 Å². The van der Waals surface area contributed by atoms with E-state index in [2.05, 4.69) is 31.0 Å². The van der Waals surface area contributed by atoms with Gasteiger partial charge in [-0.1, -0.05) is 46.2 Å². The van der Waals surface area contributed by atoms with Gasteiger partial charge < -0.3 is 15.5 Å². The number of rotatable bonds is 10. The summed E-state index contributed by atoms with van der Waals surface area (Å²) in [4.78, 5) is 43.7. The van der Waals surface area contributed by atoms with Gasteiger partial charge in [0.1, 0.15) is 5.82 Å². The molecule has 0 aliphatic carbocycles. The van der Waals surface area contributed by atoms with Gasteiger partial charge in [0.05, 0.1) is 6.54 Å². The van der Waals surface area contributed by atoms with Crippen LogP contribution >= 0.6 is 0 Å². The fourth-order valence-corrected chi connectivity index (χ4v) is 3.46. The van der Waals surface area contributed by atoms with E-state index >= 15 is 0 Å². The van der Waals surface area contributed by atoms with Crippen LogP contribution in [0.25, 0.3) is 0 Å². The molecule has 0 atom stereocenters. The Hall–Kier alpha value is -3.03. The van der Waals surface area contributed by atoms with E-state index < -0.39 is 11.2 Å². The minimum Gasteiger partial charge on any atom is -0.383 e. The molecule has 1 aromatic carbocycles. The van der Waals surface area contributed by atoms with Crippen LogP contribution in [0.5, 0.6) is 0 Å². The molecule has 0 aliphatic heterocycles. The molecule has 2 aromatic rings. The summed E-state index contributed by atoms with van der Waals surface area (Å²) in [6.45, 7) is 8.97. The van der Waals surface area contributed by atoms with E-state index in [4.69, 9.17) is 5.73 Å². The topological polar surface area (TPSA) is 104 Å². The molecular weight excluding hydrogens is 394 g/mol. The first-order valence-corrected chi connectivity index (χ1v) is 10.9. The lowest BCUT2D eigenvalue weighted by molar-refractivity contribution is -0.117. The average molecular weight is 430 g/mol. The number of likely N-dealkylation sites (N-methyl/N-ethyl adjacent to an activating group) is 1. The summed E-state index contributed by atoms with van der Waals surface area (Å²) >= 11 is 0. The van der Waals surface area contributed by atoms with Crippen LogP contribution in [0.15, 0.2) is 33.9 Å². The second-order valence-corrected chi connectivity index (χ2v) is 8.15. The highest BCUT2D eigenvalue weighted by atomic mass is 16.2. The molecule has 1 aromatic heterocycles. The number of anilines is 3. The Labute approximate surface area is 183 Å². The summed E-state index contributed by atoms with van der Waals surface area (Å²) in [6.07, 6.45) is 2.24. The molecule has 31 heavy (non-hydrogen) atoms. The zero-order chi connectivity index (χ0) is 23.1. The number of benzene rings is 1. The first kappa shape index (κ1) is 24.2. The maximum Gasteiger partial charge on any atom is 0.330 e. The first-order chi connectivity index (χ1) is 14.7. The third kappa shape index (κ3) is 5.77. The SMILES string of the molecule is CCCCN(C(=O)CN(C)c1cccc(C(C)C)c1)c1c(N)n(CCC)c(=O)[nH]c1=O. The molecule has 1 amide bonds. The van der Waals surface area contributed by atoms with E-state index in [-0.39, 0.29) is 24.0 Å². The van der Waals surface area contributed by atoms with E-state index in [1.165, 1.54) is 15.0 Å². The van der Waals surface area contributed by atoms with Gasteiger partial charge >= 0.3 is 5.69 Å². The molecule has 1 heterocycles. The van der Waals surface area contributed by atoms with E-state index in [1.807, 2.05) is 37.9 Å². The molecule has 0 saturated heterocycles. The first-order valence-electron chi connectivity index (χ1n) is 10.9. The van der Waals surface area contributed by atoms with Gasteiger partial charge in [0.25, 0.3) is 5.56 Å². The van der Waals surface area contributed by atoms with Crippen molar-refractivity contribution in [2.45, 2.75) is 59.4 Å². The number of aromatic amines is 1. The van der Waals surface area contributed by atoms with Gasteiger partial charge in [-0.2, -0.15) is 0 Å². The minimum atomic E-state index is -0.635. The van der Waals surface area contributed by atoms with Gasteiger partial charge in [-0.15, -0.1) is 0 Å². The van der Waals surface area contributed by atoms with Crippen molar-refractivity contribution in [3.8, 4) is 0 Å². The zero-order valence-electron chi connectivity index (χ0n) is 19.3. The van der Waals surface area contributed by atoms with Crippen LogP contribution < -0.4 is 26.8 Å². The number of hydrogen-bond acceptors (Lipinski definition) is 5. The number of nitrogens with one attached hydrogen (secondary N) is 1. The van der Waals surface area contributed by atoms with Gasteiger partial charge in [0.15, 0.2) is 5.69 Å². The van der Waals surface area contributed by atoms with E-state index in [1.54, 1.807) is 0 Å². The normalized spacial score (nSPS) is 11.0. The summed E-state index contributed by atoms with van der Waals surface area (Å²) < 4.78 is 1.32. The van der Waals surface area contributed by atoms with Crippen LogP contribution in [0, 0.1) is 0 Å².